The number of anilines is 1. The van der Waals surface area contributed by atoms with Gasteiger partial charge in [-0.25, -0.2) is 0 Å². The quantitative estimate of drug-likeness (QED) is 0.705. The van der Waals surface area contributed by atoms with Crippen LogP contribution in [0.25, 0.3) is 0 Å². The summed E-state index contributed by atoms with van der Waals surface area (Å²) in [6.45, 7) is 3.26. The first-order valence-electron chi connectivity index (χ1n) is 9.27. The summed E-state index contributed by atoms with van der Waals surface area (Å²) in [5, 5.41) is 10.2. The van der Waals surface area contributed by atoms with Crippen molar-refractivity contribution in [3.05, 3.63) is 51.7 Å². The molecule has 0 spiro atoms. The minimum atomic E-state index is -0.490. The van der Waals surface area contributed by atoms with E-state index in [1.54, 1.807) is 4.90 Å². The molecule has 1 aliphatic heterocycles. The molecule has 2 heterocycles. The first-order chi connectivity index (χ1) is 13.0. The summed E-state index contributed by atoms with van der Waals surface area (Å²) in [4.78, 5) is 27.6. The zero-order valence-corrected chi connectivity index (χ0v) is 16.3. The van der Waals surface area contributed by atoms with Crippen molar-refractivity contribution in [1.82, 2.24) is 0 Å². The van der Waals surface area contributed by atoms with Gasteiger partial charge in [-0.1, -0.05) is 12.1 Å². The van der Waals surface area contributed by atoms with Crippen LogP contribution in [0, 0.1) is 6.92 Å². The maximum atomic E-state index is 12.1. The number of aliphatic hydroxyl groups is 1. The van der Waals surface area contributed by atoms with Crippen LogP contribution >= 0.6 is 11.3 Å². The number of hydrogen-bond acceptors (Lipinski definition) is 5. The minimum absolute atomic E-state index is 0.0185. The molecule has 1 atom stereocenters. The van der Waals surface area contributed by atoms with Crippen LogP contribution < -0.4 is 4.90 Å². The second kappa shape index (κ2) is 9.26. The third-order valence-corrected chi connectivity index (χ3v) is 5.76. The summed E-state index contributed by atoms with van der Waals surface area (Å²) in [7, 11) is 0. The lowest BCUT2D eigenvalue weighted by Gasteiger charge is -2.27. The van der Waals surface area contributed by atoms with Gasteiger partial charge in [-0.15, -0.1) is 11.3 Å². The number of nitrogens with zero attached hydrogens (tertiary/aromatic N) is 1. The highest BCUT2D eigenvalue weighted by Gasteiger charge is 2.20. The SMILES string of the molecule is Cc1ccc(C(=O)CC[C@H](O)CCc2ccc(N3CCOCC3=O)cc2)s1. The molecule has 1 N–H and O–H groups in total. The summed E-state index contributed by atoms with van der Waals surface area (Å²) in [5.74, 6) is 0.0849. The maximum Gasteiger partial charge on any atom is 0.253 e. The van der Waals surface area contributed by atoms with E-state index in [9.17, 15) is 14.7 Å². The molecule has 1 aromatic heterocycles. The highest BCUT2D eigenvalue weighted by atomic mass is 32.1. The van der Waals surface area contributed by atoms with E-state index in [-0.39, 0.29) is 18.3 Å². The first-order valence-corrected chi connectivity index (χ1v) is 10.1. The second-order valence-electron chi connectivity index (χ2n) is 6.83. The van der Waals surface area contributed by atoms with Gasteiger partial charge in [0.2, 0.25) is 0 Å². The Balaban J connectivity index is 1.44. The van der Waals surface area contributed by atoms with Gasteiger partial charge in [0.05, 0.1) is 17.6 Å². The standard InChI is InChI=1S/C21H25NO4S/c1-15-2-11-20(27-15)19(24)10-9-18(23)8-5-16-3-6-17(7-4-16)22-12-13-26-14-21(22)25/h2-4,6-7,11,18,23H,5,8-10,12-14H2,1H3/t18-/m1/s1. The number of benzene rings is 1. The van der Waals surface area contributed by atoms with Crippen molar-refractivity contribution in [2.45, 2.75) is 38.7 Å². The monoisotopic (exact) mass is 387 g/mol. The lowest BCUT2D eigenvalue weighted by atomic mass is 10.0. The summed E-state index contributed by atoms with van der Waals surface area (Å²) in [6, 6.07) is 11.7. The van der Waals surface area contributed by atoms with Gasteiger partial charge in [0.15, 0.2) is 5.78 Å². The van der Waals surface area contributed by atoms with Gasteiger partial charge in [0, 0.05) is 23.5 Å². The Morgan fingerprint density at radius 1 is 1.22 bits per heavy atom. The number of ether oxygens (including phenoxy) is 1. The first kappa shape index (κ1) is 19.7. The fraction of sp³-hybridized carbons (Fsp3) is 0.429. The molecule has 2 aromatic rings. The number of Topliss-reactive ketones (excluding diaryl/α,β-unsaturated/α-hetero) is 1. The molecule has 6 heteroatoms. The Kier molecular flexibility index (Phi) is 6.77. The highest BCUT2D eigenvalue weighted by molar-refractivity contribution is 7.14. The van der Waals surface area contributed by atoms with Crippen molar-refractivity contribution in [3.8, 4) is 0 Å². The van der Waals surface area contributed by atoms with Gasteiger partial charge in [-0.3, -0.25) is 9.59 Å². The molecule has 144 valence electrons. The van der Waals surface area contributed by atoms with Crippen molar-refractivity contribution in [3.63, 3.8) is 0 Å². The van der Waals surface area contributed by atoms with E-state index < -0.39 is 6.10 Å². The van der Waals surface area contributed by atoms with Gasteiger partial charge in [-0.2, -0.15) is 0 Å². The van der Waals surface area contributed by atoms with Gasteiger partial charge < -0.3 is 14.7 Å². The summed E-state index contributed by atoms with van der Waals surface area (Å²) in [5.41, 5.74) is 1.99. The van der Waals surface area contributed by atoms with Crippen LogP contribution in [-0.4, -0.2) is 42.7 Å². The molecule has 0 radical (unpaired) electrons. The van der Waals surface area contributed by atoms with E-state index in [0.29, 0.717) is 32.4 Å². The van der Waals surface area contributed by atoms with E-state index in [2.05, 4.69) is 0 Å². The number of amides is 1. The fourth-order valence-electron chi connectivity index (χ4n) is 3.12. The number of rotatable bonds is 8. The maximum absolute atomic E-state index is 12.1. The van der Waals surface area contributed by atoms with Crippen molar-refractivity contribution in [2.24, 2.45) is 0 Å². The second-order valence-corrected chi connectivity index (χ2v) is 8.12. The van der Waals surface area contributed by atoms with Gasteiger partial charge in [0.1, 0.15) is 6.61 Å². The highest BCUT2D eigenvalue weighted by Crippen LogP contribution is 2.20. The average molecular weight is 388 g/mol. The van der Waals surface area contributed by atoms with Crippen molar-refractivity contribution >= 4 is 28.7 Å². The number of carbonyl (C=O) groups excluding carboxylic acids is 2. The van der Waals surface area contributed by atoms with Crippen LogP contribution in [0.1, 0.15) is 39.4 Å². The predicted molar refractivity (Wildman–Crippen MR) is 107 cm³/mol. The molecule has 1 saturated heterocycles. The van der Waals surface area contributed by atoms with Crippen LogP contribution in [0.4, 0.5) is 5.69 Å². The van der Waals surface area contributed by atoms with Crippen LogP contribution in [0.5, 0.6) is 0 Å². The number of thiophene rings is 1. The van der Waals surface area contributed by atoms with E-state index >= 15 is 0 Å². The normalized spacial score (nSPS) is 15.8. The molecule has 1 amide bonds. The van der Waals surface area contributed by atoms with Gasteiger partial charge >= 0.3 is 0 Å². The molecule has 5 nitrogen and oxygen atoms in total. The number of carbonyl (C=O) groups is 2. The zero-order valence-electron chi connectivity index (χ0n) is 15.5. The molecule has 1 aromatic carbocycles. The molecule has 0 aliphatic carbocycles. The lowest BCUT2D eigenvalue weighted by Crippen LogP contribution is -2.41. The number of aryl methyl sites for hydroxylation is 2. The number of aliphatic hydroxyl groups excluding tert-OH is 1. The molecule has 27 heavy (non-hydrogen) atoms. The van der Waals surface area contributed by atoms with Crippen LogP contribution in [-0.2, 0) is 16.0 Å². The molecule has 1 fully saturated rings. The molecular weight excluding hydrogens is 362 g/mol. The number of hydrogen-bond donors (Lipinski definition) is 1. The topological polar surface area (TPSA) is 66.8 Å². The van der Waals surface area contributed by atoms with Gasteiger partial charge in [0.25, 0.3) is 5.91 Å². The van der Waals surface area contributed by atoms with E-state index in [1.807, 2.05) is 43.3 Å². The van der Waals surface area contributed by atoms with Gasteiger partial charge in [-0.05, 0) is 56.0 Å². The Morgan fingerprint density at radius 2 is 2.00 bits per heavy atom. The fourth-order valence-corrected chi connectivity index (χ4v) is 3.95. The van der Waals surface area contributed by atoms with E-state index in [1.165, 1.54) is 11.3 Å². The van der Waals surface area contributed by atoms with E-state index in [0.717, 1.165) is 27.4 Å². The molecule has 0 unspecified atom stereocenters. The number of ketones is 1. The van der Waals surface area contributed by atoms with Crippen molar-refractivity contribution in [2.75, 3.05) is 24.7 Å². The third kappa shape index (κ3) is 5.48. The molecule has 0 bridgehead atoms. The predicted octanol–water partition coefficient (Wildman–Crippen LogP) is 3.38. The third-order valence-electron chi connectivity index (χ3n) is 4.72. The summed E-state index contributed by atoms with van der Waals surface area (Å²) >= 11 is 1.50. The van der Waals surface area contributed by atoms with Crippen LogP contribution in [0.3, 0.4) is 0 Å². The summed E-state index contributed by atoms with van der Waals surface area (Å²) < 4.78 is 5.15. The molecule has 0 saturated carbocycles. The molecular formula is C21H25NO4S. The van der Waals surface area contributed by atoms with Crippen LogP contribution in [0.2, 0.25) is 0 Å². The van der Waals surface area contributed by atoms with Crippen molar-refractivity contribution < 1.29 is 19.4 Å². The summed E-state index contributed by atoms with van der Waals surface area (Å²) in [6.07, 6.45) is 1.72. The Labute approximate surface area is 163 Å². The minimum Gasteiger partial charge on any atom is -0.393 e. The zero-order chi connectivity index (χ0) is 19.2. The molecule has 3 rings (SSSR count). The number of morpholine rings is 1. The Bertz CT molecular complexity index is 784. The lowest BCUT2D eigenvalue weighted by molar-refractivity contribution is -0.125. The van der Waals surface area contributed by atoms with Crippen molar-refractivity contribution in [1.29, 1.82) is 0 Å². The van der Waals surface area contributed by atoms with E-state index in [4.69, 9.17) is 4.74 Å². The largest absolute Gasteiger partial charge is 0.393 e. The Morgan fingerprint density at radius 3 is 2.67 bits per heavy atom. The Hall–Kier alpha value is -2.02. The van der Waals surface area contributed by atoms with Crippen LogP contribution in [0.15, 0.2) is 36.4 Å². The smallest absolute Gasteiger partial charge is 0.253 e. The molecule has 1 aliphatic rings. The average Bonchev–Trinajstić information content (AvgIpc) is 3.12.